The molecular formula is C12H22N2O4S. The quantitative estimate of drug-likeness (QED) is 0.725. The Morgan fingerprint density at radius 1 is 1.42 bits per heavy atom. The van der Waals surface area contributed by atoms with Gasteiger partial charge in [0.15, 0.2) is 9.84 Å². The molecule has 2 aliphatic heterocycles. The van der Waals surface area contributed by atoms with Crippen molar-refractivity contribution in [1.82, 2.24) is 9.80 Å². The molecule has 2 fully saturated rings. The van der Waals surface area contributed by atoms with Gasteiger partial charge in [-0.2, -0.15) is 0 Å². The van der Waals surface area contributed by atoms with E-state index in [0.29, 0.717) is 25.9 Å². The summed E-state index contributed by atoms with van der Waals surface area (Å²) in [6, 6.07) is -0.171. The number of likely N-dealkylation sites (tertiary alicyclic amines) is 1. The molecule has 0 spiro atoms. The molecule has 0 aromatic rings. The van der Waals surface area contributed by atoms with Crippen molar-refractivity contribution < 1.29 is 18.3 Å². The number of likely N-dealkylation sites (N-methyl/N-ethyl adjacent to an activating group) is 1. The lowest BCUT2D eigenvalue weighted by Gasteiger charge is -2.28. The van der Waals surface area contributed by atoms with Crippen LogP contribution in [0.4, 0.5) is 0 Å². The molecule has 110 valence electrons. The van der Waals surface area contributed by atoms with E-state index in [4.69, 9.17) is 0 Å². The van der Waals surface area contributed by atoms with Crippen LogP contribution in [0.1, 0.15) is 19.8 Å². The fraction of sp³-hybridized carbons (Fsp3) is 0.917. The molecule has 2 rings (SSSR count). The summed E-state index contributed by atoms with van der Waals surface area (Å²) in [5.74, 6) is 0.248. The smallest absolute Gasteiger partial charge is 0.237 e. The van der Waals surface area contributed by atoms with Crippen molar-refractivity contribution in [1.29, 1.82) is 0 Å². The number of hydrogen-bond donors (Lipinski definition) is 1. The predicted molar refractivity (Wildman–Crippen MR) is 71.5 cm³/mol. The SMILES string of the molecule is CCN(C(=O)CN1CC[C@H](O)C1)C1CCS(=O)(=O)C1. The van der Waals surface area contributed by atoms with E-state index in [2.05, 4.69) is 0 Å². The first-order chi connectivity index (χ1) is 8.91. The maximum absolute atomic E-state index is 12.2. The Labute approximate surface area is 114 Å². The standard InChI is InChI=1S/C12H22N2O4S/c1-2-14(10-4-6-19(17,18)9-10)12(16)8-13-5-3-11(15)7-13/h10-11,15H,2-9H2,1H3/t10?,11-/m0/s1. The zero-order valence-electron chi connectivity index (χ0n) is 11.3. The lowest BCUT2D eigenvalue weighted by molar-refractivity contribution is -0.133. The van der Waals surface area contributed by atoms with E-state index >= 15 is 0 Å². The number of carbonyl (C=O) groups excluding carboxylic acids is 1. The van der Waals surface area contributed by atoms with Crippen LogP contribution < -0.4 is 0 Å². The third-order valence-corrected chi connectivity index (χ3v) is 5.67. The van der Waals surface area contributed by atoms with Gasteiger partial charge < -0.3 is 10.0 Å². The first-order valence-electron chi connectivity index (χ1n) is 6.81. The second-order valence-electron chi connectivity index (χ2n) is 5.41. The van der Waals surface area contributed by atoms with Gasteiger partial charge in [-0.05, 0) is 19.8 Å². The van der Waals surface area contributed by atoms with Crippen molar-refractivity contribution >= 4 is 15.7 Å². The summed E-state index contributed by atoms with van der Waals surface area (Å²) in [7, 11) is -2.97. The number of nitrogens with zero attached hydrogens (tertiary/aromatic N) is 2. The van der Waals surface area contributed by atoms with Crippen LogP contribution in [0.15, 0.2) is 0 Å². The second-order valence-corrected chi connectivity index (χ2v) is 7.64. The van der Waals surface area contributed by atoms with Crippen molar-refractivity contribution in [3.63, 3.8) is 0 Å². The third-order valence-electron chi connectivity index (χ3n) is 3.92. The molecule has 1 amide bonds. The number of carbonyl (C=O) groups is 1. The maximum atomic E-state index is 12.2. The minimum absolute atomic E-state index is 0.0290. The highest BCUT2D eigenvalue weighted by Crippen LogP contribution is 2.18. The zero-order valence-corrected chi connectivity index (χ0v) is 12.1. The van der Waals surface area contributed by atoms with E-state index in [0.717, 1.165) is 6.54 Å². The second kappa shape index (κ2) is 5.76. The Morgan fingerprint density at radius 3 is 2.63 bits per heavy atom. The average molecular weight is 290 g/mol. The normalized spacial score (nSPS) is 30.6. The van der Waals surface area contributed by atoms with Crippen LogP contribution in [0, 0.1) is 0 Å². The lowest BCUT2D eigenvalue weighted by atomic mass is 10.2. The van der Waals surface area contributed by atoms with Crippen LogP contribution in [-0.2, 0) is 14.6 Å². The van der Waals surface area contributed by atoms with Gasteiger partial charge in [0.2, 0.25) is 5.91 Å². The molecule has 2 saturated heterocycles. The Hall–Kier alpha value is -0.660. The molecule has 0 aromatic heterocycles. The highest BCUT2D eigenvalue weighted by atomic mass is 32.2. The highest BCUT2D eigenvalue weighted by Gasteiger charge is 2.34. The van der Waals surface area contributed by atoms with Gasteiger partial charge in [-0.1, -0.05) is 0 Å². The molecule has 1 N–H and O–H groups in total. The van der Waals surface area contributed by atoms with E-state index in [1.807, 2.05) is 11.8 Å². The lowest BCUT2D eigenvalue weighted by Crippen LogP contribution is -2.45. The summed E-state index contributed by atoms with van der Waals surface area (Å²) in [4.78, 5) is 15.8. The molecule has 2 atom stereocenters. The first-order valence-corrected chi connectivity index (χ1v) is 8.63. The van der Waals surface area contributed by atoms with Gasteiger partial charge >= 0.3 is 0 Å². The summed E-state index contributed by atoms with van der Waals surface area (Å²) in [5.41, 5.74) is 0. The molecular weight excluding hydrogens is 268 g/mol. The van der Waals surface area contributed by atoms with Crippen LogP contribution in [0.25, 0.3) is 0 Å². The minimum Gasteiger partial charge on any atom is -0.392 e. The molecule has 19 heavy (non-hydrogen) atoms. The average Bonchev–Trinajstić information content (AvgIpc) is 2.86. The molecule has 6 nitrogen and oxygen atoms in total. The Bertz CT molecular complexity index is 437. The maximum Gasteiger partial charge on any atom is 0.237 e. The van der Waals surface area contributed by atoms with Crippen LogP contribution in [0.5, 0.6) is 0 Å². The van der Waals surface area contributed by atoms with Gasteiger partial charge in [0.05, 0.1) is 24.2 Å². The van der Waals surface area contributed by atoms with E-state index in [-0.39, 0.29) is 36.1 Å². The molecule has 0 aromatic carbocycles. The molecule has 1 unspecified atom stereocenters. The van der Waals surface area contributed by atoms with Gasteiger partial charge in [-0.15, -0.1) is 0 Å². The topological polar surface area (TPSA) is 77.9 Å². The number of amides is 1. The van der Waals surface area contributed by atoms with Gasteiger partial charge in [0, 0.05) is 25.7 Å². The van der Waals surface area contributed by atoms with Crippen LogP contribution in [0.2, 0.25) is 0 Å². The van der Waals surface area contributed by atoms with Crippen LogP contribution in [-0.4, -0.2) is 79.1 Å². The van der Waals surface area contributed by atoms with Gasteiger partial charge in [-0.3, -0.25) is 9.69 Å². The molecule has 0 bridgehead atoms. The molecule has 7 heteroatoms. The minimum atomic E-state index is -2.97. The summed E-state index contributed by atoms with van der Waals surface area (Å²) in [6.07, 6.45) is 0.914. The van der Waals surface area contributed by atoms with Crippen molar-refractivity contribution in [2.45, 2.75) is 31.9 Å². The van der Waals surface area contributed by atoms with Crippen molar-refractivity contribution in [3.05, 3.63) is 0 Å². The summed E-state index contributed by atoms with van der Waals surface area (Å²) >= 11 is 0. The summed E-state index contributed by atoms with van der Waals surface area (Å²) < 4.78 is 23.0. The van der Waals surface area contributed by atoms with Gasteiger partial charge in [0.1, 0.15) is 0 Å². The molecule has 2 heterocycles. The highest BCUT2D eigenvalue weighted by molar-refractivity contribution is 7.91. The summed E-state index contributed by atoms with van der Waals surface area (Å²) in [5, 5.41) is 9.44. The van der Waals surface area contributed by atoms with Crippen LogP contribution >= 0.6 is 0 Å². The fourth-order valence-corrected chi connectivity index (χ4v) is 4.63. The van der Waals surface area contributed by atoms with Gasteiger partial charge in [-0.25, -0.2) is 8.42 Å². The fourth-order valence-electron chi connectivity index (χ4n) is 2.90. The molecule has 0 saturated carbocycles. The van der Waals surface area contributed by atoms with E-state index in [9.17, 15) is 18.3 Å². The third kappa shape index (κ3) is 3.67. The number of hydrogen-bond acceptors (Lipinski definition) is 5. The molecule has 0 aliphatic carbocycles. The first kappa shape index (κ1) is 14.7. The van der Waals surface area contributed by atoms with Crippen LogP contribution in [0.3, 0.4) is 0 Å². The summed E-state index contributed by atoms with van der Waals surface area (Å²) in [6.45, 7) is 3.96. The van der Waals surface area contributed by atoms with Gasteiger partial charge in [0.25, 0.3) is 0 Å². The van der Waals surface area contributed by atoms with Crippen molar-refractivity contribution in [3.8, 4) is 0 Å². The molecule has 2 aliphatic rings. The largest absolute Gasteiger partial charge is 0.392 e. The number of β-amino-alcohol motifs (C(OH)–C–C–N with tert-alkyl or cyclic N) is 1. The number of aliphatic hydroxyl groups excluding tert-OH is 1. The Balaban J connectivity index is 1.92. The van der Waals surface area contributed by atoms with Crippen molar-refractivity contribution in [2.24, 2.45) is 0 Å². The van der Waals surface area contributed by atoms with Crippen molar-refractivity contribution in [2.75, 3.05) is 37.7 Å². The number of sulfone groups is 1. The van der Waals surface area contributed by atoms with E-state index in [1.165, 1.54) is 0 Å². The molecule has 0 radical (unpaired) electrons. The van der Waals surface area contributed by atoms with E-state index < -0.39 is 9.84 Å². The van der Waals surface area contributed by atoms with E-state index in [1.54, 1.807) is 4.90 Å². The Kier molecular flexibility index (Phi) is 4.47. The predicted octanol–water partition coefficient (Wildman–Crippen LogP) is -0.911. The monoisotopic (exact) mass is 290 g/mol. The zero-order chi connectivity index (χ0) is 14.0. The Morgan fingerprint density at radius 2 is 2.16 bits per heavy atom. The number of rotatable bonds is 4. The number of aliphatic hydroxyl groups is 1.